The van der Waals surface area contributed by atoms with Crippen LogP contribution in [0.4, 0.5) is 11.4 Å². The van der Waals surface area contributed by atoms with Gasteiger partial charge in [0.2, 0.25) is 0 Å². The highest BCUT2D eigenvalue weighted by atomic mass is 16.1. The molecule has 1 amide bonds. The molecule has 2 atom stereocenters. The summed E-state index contributed by atoms with van der Waals surface area (Å²) in [6.07, 6.45) is 3.91. The van der Waals surface area contributed by atoms with E-state index in [0.29, 0.717) is 11.3 Å². The first-order chi connectivity index (χ1) is 16.9. The van der Waals surface area contributed by atoms with Gasteiger partial charge in [-0.2, -0.15) is 0 Å². The molecule has 5 rings (SSSR count). The summed E-state index contributed by atoms with van der Waals surface area (Å²) < 4.78 is 1.47. The number of aromatic nitrogens is 2. The number of nitrogens with one attached hydrogen (secondary N) is 2. The molecule has 35 heavy (non-hydrogen) atoms. The van der Waals surface area contributed by atoms with Gasteiger partial charge in [0.25, 0.3) is 11.5 Å². The number of likely N-dealkylation sites (tertiary alicyclic amines) is 1. The number of aromatic amines is 1. The molecule has 0 spiro atoms. The van der Waals surface area contributed by atoms with Crippen molar-refractivity contribution in [3.63, 3.8) is 0 Å². The van der Waals surface area contributed by atoms with Crippen molar-refractivity contribution < 1.29 is 4.79 Å². The van der Waals surface area contributed by atoms with Gasteiger partial charge < -0.3 is 15.1 Å². The fraction of sp³-hybridized carbons (Fsp3) is 0.429. The molecule has 0 bridgehead atoms. The molecule has 2 N–H and O–H groups in total. The highest BCUT2D eigenvalue weighted by Gasteiger charge is 2.28. The van der Waals surface area contributed by atoms with Crippen molar-refractivity contribution in [3.8, 4) is 5.69 Å². The Labute approximate surface area is 206 Å². The number of amides is 1. The molecule has 0 aliphatic carbocycles. The molecule has 3 aromatic rings. The van der Waals surface area contributed by atoms with Gasteiger partial charge in [0.15, 0.2) is 0 Å². The number of aryl methyl sites for hydroxylation is 2. The molecule has 2 aliphatic heterocycles. The fourth-order valence-corrected chi connectivity index (χ4v) is 5.46. The minimum Gasteiger partial charge on any atom is -0.371 e. The fourth-order valence-electron chi connectivity index (χ4n) is 5.46. The molecule has 0 radical (unpaired) electrons. The lowest BCUT2D eigenvalue weighted by atomic mass is 10.1. The van der Waals surface area contributed by atoms with Crippen LogP contribution in [0.5, 0.6) is 0 Å². The summed E-state index contributed by atoms with van der Waals surface area (Å²) >= 11 is 0. The van der Waals surface area contributed by atoms with Crippen molar-refractivity contribution in [2.24, 2.45) is 5.92 Å². The maximum absolute atomic E-state index is 12.9. The predicted molar refractivity (Wildman–Crippen MR) is 141 cm³/mol. The number of H-pyrrole nitrogens is 1. The molecule has 7 nitrogen and oxygen atoms in total. The van der Waals surface area contributed by atoms with Crippen LogP contribution < -0.4 is 15.8 Å². The molecule has 184 valence electrons. The van der Waals surface area contributed by atoms with Gasteiger partial charge in [-0.3, -0.25) is 14.7 Å². The molecule has 0 saturated carbocycles. The Morgan fingerprint density at radius 3 is 2.46 bits per heavy atom. The van der Waals surface area contributed by atoms with Crippen LogP contribution in [0.1, 0.15) is 47.8 Å². The lowest BCUT2D eigenvalue weighted by Crippen LogP contribution is -2.33. The van der Waals surface area contributed by atoms with Crippen LogP contribution in [-0.4, -0.2) is 52.8 Å². The van der Waals surface area contributed by atoms with E-state index in [9.17, 15) is 9.59 Å². The van der Waals surface area contributed by atoms with Crippen molar-refractivity contribution in [1.82, 2.24) is 14.7 Å². The third kappa shape index (κ3) is 5.05. The maximum Gasteiger partial charge on any atom is 0.271 e. The zero-order valence-electron chi connectivity index (χ0n) is 20.9. The second kappa shape index (κ2) is 9.74. The van der Waals surface area contributed by atoms with E-state index in [1.54, 1.807) is 30.3 Å². The Hall–Kier alpha value is -3.32. The minimum atomic E-state index is -0.164. The van der Waals surface area contributed by atoms with Gasteiger partial charge in [-0.1, -0.05) is 0 Å². The van der Waals surface area contributed by atoms with Gasteiger partial charge in [0, 0.05) is 54.4 Å². The summed E-state index contributed by atoms with van der Waals surface area (Å²) in [5.74, 6) is 0.562. The van der Waals surface area contributed by atoms with Gasteiger partial charge in [-0.05, 0) is 101 Å². The largest absolute Gasteiger partial charge is 0.371 e. The smallest absolute Gasteiger partial charge is 0.271 e. The van der Waals surface area contributed by atoms with E-state index in [0.717, 1.165) is 42.0 Å². The van der Waals surface area contributed by atoms with Crippen LogP contribution in [0.15, 0.2) is 53.3 Å². The molecule has 2 aliphatic rings. The average molecular weight is 474 g/mol. The molecule has 7 heteroatoms. The van der Waals surface area contributed by atoms with E-state index in [4.69, 9.17) is 0 Å². The van der Waals surface area contributed by atoms with Crippen molar-refractivity contribution in [2.45, 2.75) is 46.1 Å². The van der Waals surface area contributed by atoms with Crippen LogP contribution in [0.3, 0.4) is 0 Å². The van der Waals surface area contributed by atoms with E-state index in [-0.39, 0.29) is 11.5 Å². The van der Waals surface area contributed by atoms with Crippen LogP contribution in [0, 0.1) is 19.8 Å². The highest BCUT2D eigenvalue weighted by Crippen LogP contribution is 2.29. The monoisotopic (exact) mass is 473 g/mol. The summed E-state index contributed by atoms with van der Waals surface area (Å²) in [4.78, 5) is 30.0. The number of benzene rings is 2. The van der Waals surface area contributed by atoms with E-state index >= 15 is 0 Å². The van der Waals surface area contributed by atoms with E-state index in [1.165, 1.54) is 42.7 Å². The third-order valence-corrected chi connectivity index (χ3v) is 7.53. The van der Waals surface area contributed by atoms with E-state index in [2.05, 4.69) is 39.3 Å². The number of hydrogen-bond acceptors (Lipinski definition) is 4. The van der Waals surface area contributed by atoms with Crippen molar-refractivity contribution >= 4 is 17.3 Å². The lowest BCUT2D eigenvalue weighted by molar-refractivity contribution is 0.102. The number of carbonyl (C=O) groups excluding carboxylic acids is 1. The Morgan fingerprint density at radius 2 is 1.80 bits per heavy atom. The van der Waals surface area contributed by atoms with Gasteiger partial charge in [-0.25, -0.2) is 4.68 Å². The quantitative estimate of drug-likeness (QED) is 0.558. The number of hydrogen-bond donors (Lipinski definition) is 2. The molecular weight excluding hydrogens is 438 g/mol. The number of carbonyl (C=O) groups is 1. The van der Waals surface area contributed by atoms with Crippen LogP contribution in [0.2, 0.25) is 0 Å². The molecule has 1 aromatic heterocycles. The number of rotatable bonds is 6. The Kier molecular flexibility index (Phi) is 6.52. The summed E-state index contributed by atoms with van der Waals surface area (Å²) in [7, 11) is 0. The molecule has 2 unspecified atom stereocenters. The van der Waals surface area contributed by atoms with Crippen molar-refractivity contribution in [2.75, 3.05) is 36.4 Å². The first-order valence-corrected chi connectivity index (χ1v) is 12.7. The van der Waals surface area contributed by atoms with Gasteiger partial charge in [0.1, 0.15) is 0 Å². The first kappa shape index (κ1) is 23.4. The Morgan fingerprint density at radius 1 is 1.03 bits per heavy atom. The summed E-state index contributed by atoms with van der Waals surface area (Å²) in [5.41, 5.74) is 5.02. The highest BCUT2D eigenvalue weighted by molar-refractivity contribution is 6.04. The minimum absolute atomic E-state index is 0.120. The molecule has 3 heterocycles. The summed E-state index contributed by atoms with van der Waals surface area (Å²) in [5, 5.41) is 6.05. The number of anilines is 2. The van der Waals surface area contributed by atoms with Crippen LogP contribution in [-0.2, 0) is 0 Å². The number of nitrogens with zero attached hydrogens (tertiary/aromatic N) is 3. The normalized spacial score (nSPS) is 20.5. The first-order valence-electron chi connectivity index (χ1n) is 12.7. The topological polar surface area (TPSA) is 73.4 Å². The van der Waals surface area contributed by atoms with E-state index < -0.39 is 0 Å². The van der Waals surface area contributed by atoms with Gasteiger partial charge in [0.05, 0.1) is 5.69 Å². The van der Waals surface area contributed by atoms with Crippen LogP contribution in [0.25, 0.3) is 5.69 Å². The second-order valence-corrected chi connectivity index (χ2v) is 10.2. The molecule has 2 aromatic carbocycles. The predicted octanol–water partition coefficient (Wildman–Crippen LogP) is 4.35. The van der Waals surface area contributed by atoms with Crippen molar-refractivity contribution in [1.29, 1.82) is 0 Å². The van der Waals surface area contributed by atoms with E-state index in [1.807, 2.05) is 19.9 Å². The average Bonchev–Trinajstić information content (AvgIpc) is 3.56. The van der Waals surface area contributed by atoms with Gasteiger partial charge >= 0.3 is 0 Å². The zero-order chi connectivity index (χ0) is 24.5. The van der Waals surface area contributed by atoms with Crippen LogP contribution >= 0.6 is 0 Å². The summed E-state index contributed by atoms with van der Waals surface area (Å²) in [6.45, 7) is 10.9. The Bertz CT molecular complexity index is 1260. The second-order valence-electron chi connectivity index (χ2n) is 10.2. The third-order valence-electron chi connectivity index (χ3n) is 7.53. The molecule has 2 fully saturated rings. The Balaban J connectivity index is 1.21. The van der Waals surface area contributed by atoms with Crippen molar-refractivity contribution in [3.05, 3.63) is 75.7 Å². The standard InChI is InChI=1S/C28H35N5O2/c1-19-15-25(32-14-12-22(18-32)17-31-13-4-5-21(31)3)10-11-26(19)29-28(35)23-6-8-24(9-7-23)33-27(34)16-20(2)30-33/h6-11,15-16,21-22,30H,4-5,12-14,17-18H2,1-3H3,(H,29,35). The molecular formula is C28H35N5O2. The lowest BCUT2D eigenvalue weighted by Gasteiger charge is -2.25. The molecule has 2 saturated heterocycles. The maximum atomic E-state index is 12.9. The zero-order valence-corrected chi connectivity index (χ0v) is 20.9. The van der Waals surface area contributed by atoms with Gasteiger partial charge in [-0.15, -0.1) is 0 Å². The summed E-state index contributed by atoms with van der Waals surface area (Å²) in [6, 6.07) is 15.6. The SMILES string of the molecule is Cc1cc(=O)n(-c2ccc(C(=O)Nc3ccc(N4CCC(CN5CCCC5C)C4)cc3C)cc2)[nH]1.